The third-order valence-electron chi connectivity index (χ3n) is 4.16. The smallest absolute Gasteiger partial charge is 0.0629 e. The fourth-order valence-corrected chi connectivity index (χ4v) is 3.11. The highest BCUT2D eigenvalue weighted by molar-refractivity contribution is 5.29. The summed E-state index contributed by atoms with van der Waals surface area (Å²) in [7, 11) is 0. The van der Waals surface area contributed by atoms with Crippen molar-refractivity contribution in [3.8, 4) is 0 Å². The van der Waals surface area contributed by atoms with E-state index < -0.39 is 0 Å². The van der Waals surface area contributed by atoms with Gasteiger partial charge in [0.05, 0.1) is 12.7 Å². The van der Waals surface area contributed by atoms with Gasteiger partial charge in [0.25, 0.3) is 0 Å². The van der Waals surface area contributed by atoms with Crippen LogP contribution in [0, 0.1) is 0 Å². The van der Waals surface area contributed by atoms with E-state index in [9.17, 15) is 0 Å². The van der Waals surface area contributed by atoms with E-state index in [0.717, 1.165) is 0 Å². The van der Waals surface area contributed by atoms with E-state index >= 15 is 0 Å². The zero-order valence-corrected chi connectivity index (χ0v) is 11.6. The number of ether oxygens (including phenoxy) is 1. The maximum atomic E-state index is 6.47. The molecule has 18 heavy (non-hydrogen) atoms. The van der Waals surface area contributed by atoms with Gasteiger partial charge in [0.1, 0.15) is 0 Å². The molecule has 1 aromatic carbocycles. The van der Waals surface area contributed by atoms with E-state index in [1.54, 1.807) is 0 Å². The zero-order valence-electron chi connectivity index (χ0n) is 11.6. The summed E-state index contributed by atoms with van der Waals surface area (Å²) in [4.78, 5) is 0. The average molecular weight is 247 g/mol. The number of hydrogen-bond acceptors (Lipinski definition) is 2. The van der Waals surface area contributed by atoms with Crippen molar-refractivity contribution >= 4 is 0 Å². The highest BCUT2D eigenvalue weighted by Crippen LogP contribution is 2.43. The van der Waals surface area contributed by atoms with Gasteiger partial charge < -0.3 is 10.5 Å². The Hall–Kier alpha value is -0.860. The molecule has 1 atom stereocenters. The Morgan fingerprint density at radius 3 is 2.33 bits per heavy atom. The van der Waals surface area contributed by atoms with Gasteiger partial charge in [-0.15, -0.1) is 0 Å². The van der Waals surface area contributed by atoms with Crippen LogP contribution >= 0.6 is 0 Å². The van der Waals surface area contributed by atoms with Gasteiger partial charge in [-0.2, -0.15) is 0 Å². The Kier molecular flexibility index (Phi) is 4.41. The molecule has 0 amide bonds. The topological polar surface area (TPSA) is 35.2 Å². The van der Waals surface area contributed by atoms with Crippen LogP contribution in [0.5, 0.6) is 0 Å². The molecule has 2 heteroatoms. The van der Waals surface area contributed by atoms with Gasteiger partial charge in [0.15, 0.2) is 0 Å². The van der Waals surface area contributed by atoms with Crippen molar-refractivity contribution in [2.45, 2.75) is 57.1 Å². The molecule has 0 heterocycles. The molecule has 1 aliphatic carbocycles. The number of nitrogens with two attached hydrogens (primary N) is 1. The summed E-state index contributed by atoms with van der Waals surface area (Å²) in [5, 5.41) is 0. The van der Waals surface area contributed by atoms with Gasteiger partial charge in [-0.1, -0.05) is 43.2 Å². The predicted octanol–water partition coefficient (Wildman–Crippen LogP) is 3.25. The minimum absolute atomic E-state index is 0.102. The van der Waals surface area contributed by atoms with E-state index in [2.05, 4.69) is 44.2 Å². The second kappa shape index (κ2) is 5.85. The molecular weight excluding hydrogens is 222 g/mol. The highest BCUT2D eigenvalue weighted by atomic mass is 16.5. The molecule has 0 saturated heterocycles. The molecule has 0 aliphatic heterocycles. The summed E-state index contributed by atoms with van der Waals surface area (Å²) in [6.07, 6.45) is 5.21. The summed E-state index contributed by atoms with van der Waals surface area (Å²) >= 11 is 0. The van der Waals surface area contributed by atoms with E-state index in [0.29, 0.717) is 6.61 Å². The van der Waals surface area contributed by atoms with E-state index in [1.165, 1.54) is 31.2 Å². The zero-order chi connectivity index (χ0) is 13.0. The molecule has 0 aromatic heterocycles. The van der Waals surface area contributed by atoms with Crippen molar-refractivity contribution in [2.24, 2.45) is 5.73 Å². The lowest BCUT2D eigenvalue weighted by Gasteiger charge is -2.36. The molecule has 0 spiro atoms. The summed E-state index contributed by atoms with van der Waals surface area (Å²) in [5.74, 6) is 0. The van der Waals surface area contributed by atoms with Crippen molar-refractivity contribution in [1.82, 2.24) is 0 Å². The summed E-state index contributed by atoms with van der Waals surface area (Å²) < 4.78 is 5.74. The SMILES string of the molecule is CC(C)OCC(N)C1(c2ccccc2)CCCC1. The van der Waals surface area contributed by atoms with Crippen LogP contribution in [-0.2, 0) is 10.2 Å². The van der Waals surface area contributed by atoms with Crippen LogP contribution in [0.1, 0.15) is 45.1 Å². The first-order valence-electron chi connectivity index (χ1n) is 7.08. The Balaban J connectivity index is 2.17. The fourth-order valence-electron chi connectivity index (χ4n) is 3.11. The van der Waals surface area contributed by atoms with Crippen LogP contribution in [0.3, 0.4) is 0 Å². The molecule has 2 rings (SSSR count). The minimum Gasteiger partial charge on any atom is -0.377 e. The maximum Gasteiger partial charge on any atom is 0.0629 e. The van der Waals surface area contributed by atoms with Gasteiger partial charge in [0, 0.05) is 11.5 Å². The monoisotopic (exact) mass is 247 g/mol. The maximum absolute atomic E-state index is 6.47. The van der Waals surface area contributed by atoms with Crippen LogP contribution in [-0.4, -0.2) is 18.8 Å². The first kappa shape index (κ1) is 13.6. The standard InChI is InChI=1S/C16H25NO/c1-13(2)18-12-15(17)16(10-6-7-11-16)14-8-4-3-5-9-14/h3-5,8-9,13,15H,6-7,10-12,17H2,1-2H3. The van der Waals surface area contributed by atoms with Crippen LogP contribution < -0.4 is 5.73 Å². The van der Waals surface area contributed by atoms with Gasteiger partial charge in [-0.05, 0) is 32.3 Å². The Morgan fingerprint density at radius 2 is 1.78 bits per heavy atom. The Bertz CT molecular complexity index is 355. The fraction of sp³-hybridized carbons (Fsp3) is 0.625. The average Bonchev–Trinajstić information content (AvgIpc) is 2.87. The summed E-state index contributed by atoms with van der Waals surface area (Å²) in [6, 6.07) is 10.9. The lowest BCUT2D eigenvalue weighted by Crippen LogP contribution is -2.47. The molecule has 0 bridgehead atoms. The van der Waals surface area contributed by atoms with Crippen molar-refractivity contribution in [3.63, 3.8) is 0 Å². The van der Waals surface area contributed by atoms with Gasteiger partial charge in [-0.25, -0.2) is 0 Å². The quantitative estimate of drug-likeness (QED) is 0.867. The van der Waals surface area contributed by atoms with Crippen LogP contribution in [0.4, 0.5) is 0 Å². The second-order valence-electron chi connectivity index (χ2n) is 5.72. The molecule has 2 N–H and O–H groups in total. The molecule has 1 unspecified atom stereocenters. The molecular formula is C16H25NO. The van der Waals surface area contributed by atoms with Crippen molar-refractivity contribution in [1.29, 1.82) is 0 Å². The minimum atomic E-state index is 0.102. The molecule has 1 aliphatic rings. The molecule has 1 fully saturated rings. The summed E-state index contributed by atoms with van der Waals surface area (Å²) in [5.41, 5.74) is 8.00. The molecule has 100 valence electrons. The molecule has 1 aromatic rings. The molecule has 0 radical (unpaired) electrons. The first-order chi connectivity index (χ1) is 8.65. The van der Waals surface area contributed by atoms with E-state index in [-0.39, 0.29) is 17.6 Å². The highest BCUT2D eigenvalue weighted by Gasteiger charge is 2.40. The third kappa shape index (κ3) is 2.76. The predicted molar refractivity (Wildman–Crippen MR) is 75.7 cm³/mol. The van der Waals surface area contributed by atoms with Gasteiger partial charge in [0.2, 0.25) is 0 Å². The third-order valence-corrected chi connectivity index (χ3v) is 4.16. The largest absolute Gasteiger partial charge is 0.377 e. The van der Waals surface area contributed by atoms with Crippen molar-refractivity contribution in [2.75, 3.05) is 6.61 Å². The molecule has 2 nitrogen and oxygen atoms in total. The second-order valence-corrected chi connectivity index (χ2v) is 5.72. The van der Waals surface area contributed by atoms with E-state index in [4.69, 9.17) is 10.5 Å². The molecule has 1 saturated carbocycles. The number of rotatable bonds is 5. The normalized spacial score (nSPS) is 20.2. The van der Waals surface area contributed by atoms with E-state index in [1.807, 2.05) is 0 Å². The van der Waals surface area contributed by atoms with Gasteiger partial charge >= 0.3 is 0 Å². The van der Waals surface area contributed by atoms with Crippen molar-refractivity contribution in [3.05, 3.63) is 35.9 Å². The first-order valence-corrected chi connectivity index (χ1v) is 7.08. The Morgan fingerprint density at radius 1 is 1.17 bits per heavy atom. The van der Waals surface area contributed by atoms with Crippen molar-refractivity contribution < 1.29 is 4.74 Å². The number of benzene rings is 1. The van der Waals surface area contributed by atoms with Crippen LogP contribution in [0.2, 0.25) is 0 Å². The summed E-state index contributed by atoms with van der Waals surface area (Å²) in [6.45, 7) is 4.79. The van der Waals surface area contributed by atoms with Crippen LogP contribution in [0.15, 0.2) is 30.3 Å². The van der Waals surface area contributed by atoms with Crippen LogP contribution in [0.25, 0.3) is 0 Å². The lowest BCUT2D eigenvalue weighted by molar-refractivity contribution is 0.0517. The Labute approximate surface area is 111 Å². The number of hydrogen-bond donors (Lipinski definition) is 1. The van der Waals surface area contributed by atoms with Gasteiger partial charge in [-0.3, -0.25) is 0 Å². The lowest BCUT2D eigenvalue weighted by atomic mass is 9.73.